The molecule has 0 radical (unpaired) electrons. The lowest BCUT2D eigenvalue weighted by atomic mass is 10.1. The molecule has 0 aliphatic carbocycles. The summed E-state index contributed by atoms with van der Waals surface area (Å²) in [6.07, 6.45) is 0.570. The Morgan fingerprint density at radius 1 is 1.21 bits per heavy atom. The number of benzene rings is 1. The van der Waals surface area contributed by atoms with E-state index in [1.165, 1.54) is 0 Å². The van der Waals surface area contributed by atoms with Crippen LogP contribution in [0.25, 0.3) is 0 Å². The second-order valence-electron chi connectivity index (χ2n) is 7.14. The van der Waals surface area contributed by atoms with Crippen LogP contribution < -0.4 is 4.74 Å². The van der Waals surface area contributed by atoms with Gasteiger partial charge in [0.15, 0.2) is 9.84 Å². The zero-order valence-corrected chi connectivity index (χ0v) is 17.8. The third-order valence-electron chi connectivity index (χ3n) is 5.01. The van der Waals surface area contributed by atoms with Gasteiger partial charge in [0.05, 0.1) is 31.7 Å². The van der Waals surface area contributed by atoms with Gasteiger partial charge in [0.1, 0.15) is 5.75 Å². The maximum atomic E-state index is 12.8. The second-order valence-corrected chi connectivity index (χ2v) is 10.4. The molecule has 1 atom stereocenters. The third kappa shape index (κ3) is 5.56. The normalized spacial score (nSPS) is 18.3. The molecule has 0 spiro atoms. The highest BCUT2D eigenvalue weighted by Gasteiger charge is 2.33. The van der Waals surface area contributed by atoms with Crippen molar-refractivity contribution >= 4 is 27.1 Å². The van der Waals surface area contributed by atoms with Crippen LogP contribution in [0.3, 0.4) is 0 Å². The number of amides is 1. The van der Waals surface area contributed by atoms with Crippen molar-refractivity contribution in [1.29, 1.82) is 0 Å². The molecule has 8 heteroatoms. The quantitative estimate of drug-likeness (QED) is 0.654. The van der Waals surface area contributed by atoms with Crippen LogP contribution >= 0.6 is 11.3 Å². The predicted molar refractivity (Wildman–Crippen MR) is 111 cm³/mol. The largest absolute Gasteiger partial charge is 0.497 e. The molecular weight excluding hydrogens is 396 g/mol. The molecule has 1 unspecified atom stereocenters. The van der Waals surface area contributed by atoms with E-state index in [4.69, 9.17) is 4.74 Å². The van der Waals surface area contributed by atoms with Crippen molar-refractivity contribution in [2.45, 2.75) is 25.6 Å². The van der Waals surface area contributed by atoms with Gasteiger partial charge in [0.2, 0.25) is 5.91 Å². The highest BCUT2D eigenvalue weighted by Crippen LogP contribution is 2.21. The molecule has 0 bridgehead atoms. The summed E-state index contributed by atoms with van der Waals surface area (Å²) in [6.45, 7) is 1.30. The first-order valence-electron chi connectivity index (χ1n) is 9.20. The predicted octanol–water partition coefficient (Wildman–Crippen LogP) is 2.40. The number of methoxy groups -OCH3 is 1. The molecule has 1 aromatic carbocycles. The molecule has 1 aliphatic heterocycles. The van der Waals surface area contributed by atoms with Gasteiger partial charge in [-0.2, -0.15) is 0 Å². The molecular formula is C20H26N2O4S2. The van der Waals surface area contributed by atoms with Crippen LogP contribution in [-0.4, -0.2) is 62.4 Å². The monoisotopic (exact) mass is 422 g/mol. The summed E-state index contributed by atoms with van der Waals surface area (Å²) in [6, 6.07) is 11.5. The molecule has 152 valence electrons. The SMILES string of the molecule is COc1ccc(CN(CC(=O)N(C)Cc2cccs2)C2CCS(=O)(=O)C2)cc1. The van der Waals surface area contributed by atoms with Gasteiger partial charge in [-0.05, 0) is 35.6 Å². The van der Waals surface area contributed by atoms with Gasteiger partial charge in [-0.25, -0.2) is 8.42 Å². The zero-order chi connectivity index (χ0) is 20.1. The number of hydrogen-bond acceptors (Lipinski definition) is 6. The summed E-state index contributed by atoms with van der Waals surface area (Å²) in [7, 11) is 0.383. The Labute approximate surface area is 170 Å². The lowest BCUT2D eigenvalue weighted by molar-refractivity contribution is -0.132. The van der Waals surface area contributed by atoms with E-state index in [-0.39, 0.29) is 30.0 Å². The van der Waals surface area contributed by atoms with Crippen LogP contribution in [0.1, 0.15) is 16.9 Å². The van der Waals surface area contributed by atoms with Gasteiger partial charge >= 0.3 is 0 Å². The van der Waals surface area contributed by atoms with Crippen LogP contribution in [0.5, 0.6) is 5.75 Å². The number of ether oxygens (including phenoxy) is 1. The fourth-order valence-corrected chi connectivity index (χ4v) is 5.88. The molecule has 1 saturated heterocycles. The number of nitrogens with zero attached hydrogens (tertiary/aromatic N) is 2. The van der Waals surface area contributed by atoms with Gasteiger partial charge in [-0.3, -0.25) is 9.69 Å². The Bertz CT molecular complexity index is 879. The van der Waals surface area contributed by atoms with Crippen molar-refractivity contribution in [2.24, 2.45) is 0 Å². The zero-order valence-electron chi connectivity index (χ0n) is 16.2. The molecule has 1 aromatic heterocycles. The smallest absolute Gasteiger partial charge is 0.236 e. The number of hydrogen-bond donors (Lipinski definition) is 0. The summed E-state index contributed by atoms with van der Waals surface area (Å²) in [5.41, 5.74) is 1.03. The molecule has 0 saturated carbocycles. The summed E-state index contributed by atoms with van der Waals surface area (Å²) >= 11 is 1.62. The standard InChI is InChI=1S/C20H26N2O4S2/c1-21(13-19-4-3-10-27-19)20(23)14-22(17-9-11-28(24,25)15-17)12-16-5-7-18(26-2)8-6-16/h3-8,10,17H,9,11-15H2,1-2H3. The average molecular weight is 423 g/mol. The lowest BCUT2D eigenvalue weighted by Gasteiger charge is -2.29. The molecule has 2 aromatic rings. The summed E-state index contributed by atoms with van der Waals surface area (Å²) in [5.74, 6) is 1.07. The average Bonchev–Trinajstić information content (AvgIpc) is 3.30. The molecule has 2 heterocycles. The number of sulfone groups is 1. The highest BCUT2D eigenvalue weighted by atomic mass is 32.2. The molecule has 3 rings (SSSR count). The van der Waals surface area contributed by atoms with Crippen molar-refractivity contribution in [3.8, 4) is 5.75 Å². The van der Waals surface area contributed by atoms with Crippen molar-refractivity contribution in [3.63, 3.8) is 0 Å². The molecule has 6 nitrogen and oxygen atoms in total. The van der Waals surface area contributed by atoms with Gasteiger partial charge in [0, 0.05) is 24.5 Å². The van der Waals surface area contributed by atoms with Crippen LogP contribution in [0.15, 0.2) is 41.8 Å². The number of carbonyl (C=O) groups excluding carboxylic acids is 1. The van der Waals surface area contributed by atoms with E-state index >= 15 is 0 Å². The van der Waals surface area contributed by atoms with Gasteiger partial charge in [-0.1, -0.05) is 18.2 Å². The Balaban J connectivity index is 1.70. The Kier molecular flexibility index (Phi) is 6.74. The minimum atomic E-state index is -3.03. The Morgan fingerprint density at radius 2 is 1.96 bits per heavy atom. The van der Waals surface area contributed by atoms with Crippen LogP contribution in [0.4, 0.5) is 0 Å². The van der Waals surface area contributed by atoms with E-state index in [9.17, 15) is 13.2 Å². The first-order chi connectivity index (χ1) is 13.4. The molecule has 1 fully saturated rings. The first-order valence-corrected chi connectivity index (χ1v) is 11.9. The fourth-order valence-electron chi connectivity index (χ4n) is 3.36. The van der Waals surface area contributed by atoms with E-state index in [1.807, 2.05) is 46.7 Å². The number of likely N-dealkylation sites (N-methyl/N-ethyl adjacent to an activating group) is 1. The van der Waals surface area contributed by atoms with E-state index < -0.39 is 9.84 Å². The van der Waals surface area contributed by atoms with E-state index in [0.717, 1.165) is 16.2 Å². The van der Waals surface area contributed by atoms with Crippen molar-refractivity contribution in [2.75, 3.05) is 32.2 Å². The first kappa shape index (κ1) is 20.8. The second kappa shape index (κ2) is 9.07. The Hall–Kier alpha value is -1.90. The van der Waals surface area contributed by atoms with Crippen LogP contribution in [0, 0.1) is 0 Å². The third-order valence-corrected chi connectivity index (χ3v) is 7.62. The molecule has 28 heavy (non-hydrogen) atoms. The highest BCUT2D eigenvalue weighted by molar-refractivity contribution is 7.91. The topological polar surface area (TPSA) is 66.9 Å². The molecule has 0 N–H and O–H groups in total. The van der Waals surface area contributed by atoms with E-state index in [0.29, 0.717) is 19.5 Å². The molecule has 1 aliphatic rings. The van der Waals surface area contributed by atoms with Gasteiger partial charge in [-0.15, -0.1) is 11.3 Å². The molecule has 1 amide bonds. The van der Waals surface area contributed by atoms with Crippen molar-refractivity contribution < 1.29 is 17.9 Å². The van der Waals surface area contributed by atoms with Crippen molar-refractivity contribution in [3.05, 3.63) is 52.2 Å². The summed E-state index contributed by atoms with van der Waals surface area (Å²) < 4.78 is 29.1. The van der Waals surface area contributed by atoms with Gasteiger partial charge in [0.25, 0.3) is 0 Å². The van der Waals surface area contributed by atoms with Gasteiger partial charge < -0.3 is 9.64 Å². The summed E-state index contributed by atoms with van der Waals surface area (Å²) in [5, 5.41) is 1.99. The number of rotatable bonds is 8. The van der Waals surface area contributed by atoms with E-state index in [2.05, 4.69) is 0 Å². The number of thiophene rings is 1. The Morgan fingerprint density at radius 3 is 2.54 bits per heavy atom. The van der Waals surface area contributed by atoms with Crippen LogP contribution in [-0.2, 0) is 27.7 Å². The maximum Gasteiger partial charge on any atom is 0.236 e. The van der Waals surface area contributed by atoms with Crippen molar-refractivity contribution in [1.82, 2.24) is 9.80 Å². The maximum absolute atomic E-state index is 12.8. The number of carbonyl (C=O) groups is 1. The summed E-state index contributed by atoms with van der Waals surface area (Å²) in [4.78, 5) is 17.6. The minimum Gasteiger partial charge on any atom is -0.497 e. The minimum absolute atomic E-state index is 0.00814. The van der Waals surface area contributed by atoms with Crippen LogP contribution in [0.2, 0.25) is 0 Å². The van der Waals surface area contributed by atoms with E-state index in [1.54, 1.807) is 30.4 Å². The fraction of sp³-hybridized carbons (Fsp3) is 0.450. The lowest BCUT2D eigenvalue weighted by Crippen LogP contribution is -2.43.